The maximum absolute atomic E-state index is 13.5. The highest BCUT2D eigenvalue weighted by atomic mass is 32.2. The molecule has 0 aliphatic carbocycles. The molecular weight excluding hydrogens is 534 g/mol. The third-order valence-electron chi connectivity index (χ3n) is 6.49. The second-order valence-corrected chi connectivity index (χ2v) is 11.0. The number of hydrogen-bond acceptors (Lipinski definition) is 5. The number of nitrogens with one attached hydrogen (secondary N) is 1. The lowest BCUT2D eigenvalue weighted by atomic mass is 9.95. The van der Waals surface area contributed by atoms with Crippen LogP contribution in [0.4, 0.5) is 31.1 Å². The predicted octanol–water partition coefficient (Wildman–Crippen LogP) is 5.79. The Hall–Kier alpha value is -2.38. The van der Waals surface area contributed by atoms with Gasteiger partial charge in [-0.2, -0.15) is 31.3 Å². The fourth-order valence-electron chi connectivity index (χ4n) is 4.73. The van der Waals surface area contributed by atoms with Gasteiger partial charge in [-0.1, -0.05) is 26.0 Å². The van der Waals surface area contributed by atoms with Crippen LogP contribution in [0.1, 0.15) is 43.4 Å². The van der Waals surface area contributed by atoms with Crippen LogP contribution in [0.15, 0.2) is 34.2 Å². The highest BCUT2D eigenvalue weighted by Crippen LogP contribution is 2.38. The summed E-state index contributed by atoms with van der Waals surface area (Å²) < 4.78 is 79.3. The van der Waals surface area contributed by atoms with Crippen LogP contribution in [-0.2, 0) is 23.7 Å². The molecule has 1 aromatic rings. The molecule has 1 fully saturated rings. The van der Waals surface area contributed by atoms with Gasteiger partial charge in [-0.05, 0) is 81.3 Å². The quantitative estimate of drug-likeness (QED) is 0.444. The van der Waals surface area contributed by atoms with Crippen LogP contribution in [0.25, 0.3) is 0 Å². The van der Waals surface area contributed by atoms with Gasteiger partial charge in [-0.25, -0.2) is 0 Å². The van der Waals surface area contributed by atoms with Gasteiger partial charge in [0.05, 0.1) is 22.1 Å². The lowest BCUT2D eigenvalue weighted by Crippen LogP contribution is -2.48. The van der Waals surface area contributed by atoms with E-state index < -0.39 is 34.8 Å². The number of amides is 2. The molecule has 0 aromatic heterocycles. The van der Waals surface area contributed by atoms with Crippen molar-refractivity contribution in [3.8, 4) is 0 Å². The highest BCUT2D eigenvalue weighted by Gasteiger charge is 2.38. The first-order chi connectivity index (χ1) is 17.6. The van der Waals surface area contributed by atoms with E-state index >= 15 is 0 Å². The minimum atomic E-state index is -4.91. The van der Waals surface area contributed by atoms with Gasteiger partial charge in [0.25, 0.3) is 0 Å². The summed E-state index contributed by atoms with van der Waals surface area (Å²) in [6.45, 7) is 4.52. The van der Waals surface area contributed by atoms with E-state index in [0.29, 0.717) is 36.9 Å². The van der Waals surface area contributed by atoms with Crippen LogP contribution in [0.3, 0.4) is 0 Å². The molecule has 2 aliphatic heterocycles. The number of thioether (sulfide) groups is 1. The Morgan fingerprint density at radius 2 is 1.79 bits per heavy atom. The number of piperidine rings is 1. The number of halogens is 6. The molecule has 3 rings (SSSR count). The number of benzene rings is 1. The first-order valence-corrected chi connectivity index (χ1v) is 12.9. The zero-order valence-electron chi connectivity index (χ0n) is 21.4. The van der Waals surface area contributed by atoms with Crippen molar-refractivity contribution in [2.75, 3.05) is 27.2 Å². The average Bonchev–Trinajstić information content (AvgIpc) is 3.11. The monoisotopic (exact) mass is 564 g/mol. The SMILES string of the molecule is CC(C)[C@H](C(=O)NC1=NC(=O)S/C1=C\C1CCN(Cc2ccc(C(F)(F)F)cc2C(F)(F)F)CC1)N(C)C. The van der Waals surface area contributed by atoms with Crippen molar-refractivity contribution < 1.29 is 35.9 Å². The van der Waals surface area contributed by atoms with E-state index in [1.54, 1.807) is 23.9 Å². The summed E-state index contributed by atoms with van der Waals surface area (Å²) in [6.07, 6.45) is -6.80. The van der Waals surface area contributed by atoms with Gasteiger partial charge in [-0.3, -0.25) is 19.4 Å². The van der Waals surface area contributed by atoms with Gasteiger partial charge in [0.1, 0.15) is 0 Å². The molecule has 0 bridgehead atoms. The number of hydrogen-bond donors (Lipinski definition) is 1. The van der Waals surface area contributed by atoms with Crippen molar-refractivity contribution in [1.29, 1.82) is 0 Å². The normalized spacial score (nSPS) is 19.9. The Morgan fingerprint density at radius 1 is 1.16 bits per heavy atom. The number of aliphatic imine (C=N–C) groups is 1. The molecule has 210 valence electrons. The summed E-state index contributed by atoms with van der Waals surface area (Å²) in [4.78, 5) is 32.8. The molecule has 0 saturated carbocycles. The predicted molar refractivity (Wildman–Crippen MR) is 133 cm³/mol. The maximum atomic E-state index is 13.5. The van der Waals surface area contributed by atoms with Gasteiger partial charge in [-0.15, -0.1) is 0 Å². The van der Waals surface area contributed by atoms with E-state index in [1.807, 2.05) is 19.9 Å². The topological polar surface area (TPSA) is 65.0 Å². The molecule has 2 heterocycles. The first kappa shape index (κ1) is 30.2. The summed E-state index contributed by atoms with van der Waals surface area (Å²) in [6, 6.07) is 1.31. The van der Waals surface area contributed by atoms with E-state index in [1.165, 1.54) is 0 Å². The number of nitrogens with zero attached hydrogens (tertiary/aromatic N) is 3. The molecule has 1 saturated heterocycles. The second-order valence-electron chi connectivity index (χ2n) is 9.98. The van der Waals surface area contributed by atoms with Crippen molar-refractivity contribution >= 4 is 28.7 Å². The van der Waals surface area contributed by atoms with Crippen LogP contribution >= 0.6 is 11.8 Å². The zero-order chi connectivity index (χ0) is 28.4. The van der Waals surface area contributed by atoms with Crippen molar-refractivity contribution in [2.24, 2.45) is 16.8 Å². The lowest BCUT2D eigenvalue weighted by molar-refractivity contribution is -0.143. The summed E-state index contributed by atoms with van der Waals surface area (Å²) >= 11 is 0.909. The Kier molecular flexibility index (Phi) is 9.36. The molecule has 13 heteroatoms. The summed E-state index contributed by atoms with van der Waals surface area (Å²) in [5.41, 5.74) is -2.83. The average molecular weight is 565 g/mol. The number of allylic oxidation sites excluding steroid dienone is 1. The molecule has 1 atom stereocenters. The molecule has 6 nitrogen and oxygen atoms in total. The number of amidine groups is 1. The molecule has 2 aliphatic rings. The van der Waals surface area contributed by atoms with Crippen molar-refractivity contribution in [1.82, 2.24) is 15.1 Å². The van der Waals surface area contributed by atoms with Gasteiger partial charge >= 0.3 is 17.6 Å². The number of rotatable bonds is 6. The fourth-order valence-corrected chi connectivity index (χ4v) is 5.50. The maximum Gasteiger partial charge on any atom is 0.416 e. The number of likely N-dealkylation sites (N-methyl/N-ethyl adjacent to an activating group) is 1. The number of carbonyl (C=O) groups is 2. The second kappa shape index (κ2) is 11.8. The third-order valence-corrected chi connectivity index (χ3v) is 7.30. The summed E-state index contributed by atoms with van der Waals surface area (Å²) in [5, 5.41) is 2.30. The van der Waals surface area contributed by atoms with Crippen LogP contribution in [0.5, 0.6) is 0 Å². The van der Waals surface area contributed by atoms with E-state index in [0.717, 1.165) is 17.8 Å². The van der Waals surface area contributed by atoms with E-state index in [4.69, 9.17) is 0 Å². The molecule has 1 N–H and O–H groups in total. The Balaban J connectivity index is 1.66. The zero-order valence-corrected chi connectivity index (χ0v) is 22.2. The highest BCUT2D eigenvalue weighted by molar-refractivity contribution is 8.18. The molecule has 0 unspecified atom stereocenters. The Morgan fingerprint density at radius 3 is 2.32 bits per heavy atom. The van der Waals surface area contributed by atoms with Crippen LogP contribution in [-0.4, -0.2) is 60.0 Å². The van der Waals surface area contributed by atoms with Crippen LogP contribution in [0, 0.1) is 11.8 Å². The molecule has 1 aromatic carbocycles. The van der Waals surface area contributed by atoms with E-state index in [-0.39, 0.29) is 41.8 Å². The minimum absolute atomic E-state index is 0.00816. The van der Waals surface area contributed by atoms with E-state index in [9.17, 15) is 35.9 Å². The molecule has 38 heavy (non-hydrogen) atoms. The number of alkyl halides is 6. The molecule has 2 amide bonds. The fraction of sp³-hybridized carbons (Fsp3) is 0.560. The van der Waals surface area contributed by atoms with Gasteiger partial charge in [0, 0.05) is 6.54 Å². The first-order valence-electron chi connectivity index (χ1n) is 12.1. The molecular formula is C25H30F6N4O2S. The van der Waals surface area contributed by atoms with Crippen molar-refractivity contribution in [3.63, 3.8) is 0 Å². The van der Waals surface area contributed by atoms with Crippen LogP contribution in [0.2, 0.25) is 0 Å². The Labute approximate surface area is 221 Å². The van der Waals surface area contributed by atoms with Gasteiger partial charge in [0.2, 0.25) is 5.91 Å². The summed E-state index contributed by atoms with van der Waals surface area (Å²) in [7, 11) is 3.57. The smallest absolute Gasteiger partial charge is 0.308 e. The number of carbonyl (C=O) groups excluding carboxylic acids is 2. The molecule has 0 radical (unpaired) electrons. The van der Waals surface area contributed by atoms with Crippen LogP contribution < -0.4 is 5.32 Å². The molecule has 0 spiro atoms. The van der Waals surface area contributed by atoms with Crippen molar-refractivity contribution in [2.45, 2.75) is 51.6 Å². The standard InChI is InChI=1S/C25H30F6N4O2S/c1-14(2)20(34(3)4)22(36)32-21-19(38-23(37)33-21)11-15-7-9-35(10-8-15)13-16-5-6-17(24(26,27)28)12-18(16)25(29,30)31/h5-6,11-12,14-15,20H,7-10,13H2,1-4H3,(H,32,33,36,37)/b19-11-/t20-/m1/s1. The van der Waals surface area contributed by atoms with E-state index in [2.05, 4.69) is 10.3 Å². The lowest BCUT2D eigenvalue weighted by Gasteiger charge is -2.31. The van der Waals surface area contributed by atoms with Gasteiger partial charge < -0.3 is 5.32 Å². The third kappa shape index (κ3) is 7.60. The summed E-state index contributed by atoms with van der Waals surface area (Å²) in [5.74, 6) is -0.0721. The minimum Gasteiger partial charge on any atom is -0.308 e. The number of likely N-dealkylation sites (tertiary alicyclic amines) is 1. The Bertz CT molecular complexity index is 1100. The van der Waals surface area contributed by atoms with Gasteiger partial charge in [0.15, 0.2) is 5.84 Å². The van der Waals surface area contributed by atoms with Crippen molar-refractivity contribution in [3.05, 3.63) is 45.9 Å². The largest absolute Gasteiger partial charge is 0.416 e.